The number of rotatable bonds is 4. The maximum Gasteiger partial charge on any atom is 0.191 e. The zero-order valence-corrected chi connectivity index (χ0v) is 15.7. The van der Waals surface area contributed by atoms with Crippen molar-refractivity contribution in [2.45, 2.75) is 38.1 Å². The van der Waals surface area contributed by atoms with Crippen LogP contribution in [0, 0.1) is 5.82 Å². The van der Waals surface area contributed by atoms with E-state index in [9.17, 15) is 4.39 Å². The molecule has 0 saturated heterocycles. The Labute approximate surface area is 153 Å². The number of hydrogen-bond acceptors (Lipinski definition) is 1. The van der Waals surface area contributed by atoms with Crippen LogP contribution in [-0.2, 0) is 6.42 Å². The number of aromatic nitrogens is 1. The Hall–Kier alpha value is -1.31. The van der Waals surface area contributed by atoms with Crippen molar-refractivity contribution >= 4 is 40.8 Å². The predicted molar refractivity (Wildman–Crippen MR) is 104 cm³/mol. The van der Waals surface area contributed by atoms with Crippen molar-refractivity contribution in [3.05, 3.63) is 35.8 Å². The average Bonchev–Trinajstić information content (AvgIpc) is 3.16. The molecule has 3 rings (SSSR count). The fourth-order valence-corrected chi connectivity index (χ4v) is 3.14. The first-order valence-corrected chi connectivity index (χ1v) is 7.99. The van der Waals surface area contributed by atoms with E-state index in [1.807, 2.05) is 12.3 Å². The van der Waals surface area contributed by atoms with Crippen molar-refractivity contribution in [3.63, 3.8) is 0 Å². The van der Waals surface area contributed by atoms with E-state index in [1.165, 1.54) is 43.4 Å². The Morgan fingerprint density at radius 1 is 1.35 bits per heavy atom. The molecule has 6 heteroatoms. The maximum absolute atomic E-state index is 13.2. The summed E-state index contributed by atoms with van der Waals surface area (Å²) in [6.45, 7) is 0.802. The number of nitrogens with one attached hydrogen (secondary N) is 3. The SMILES string of the molecule is CN=C(NCCc1c[nH]c2cc(F)ccc12)NC1CCCC1.I. The van der Waals surface area contributed by atoms with Crippen molar-refractivity contribution in [3.8, 4) is 0 Å². The number of aromatic amines is 1. The molecule has 0 spiro atoms. The van der Waals surface area contributed by atoms with Gasteiger partial charge in [0.1, 0.15) is 5.82 Å². The number of benzene rings is 1. The number of H-pyrrole nitrogens is 1. The summed E-state index contributed by atoms with van der Waals surface area (Å²) in [5.74, 6) is 0.665. The van der Waals surface area contributed by atoms with Gasteiger partial charge in [-0.2, -0.15) is 0 Å². The first-order chi connectivity index (χ1) is 10.8. The molecule has 2 aromatic rings. The molecule has 1 heterocycles. The summed E-state index contributed by atoms with van der Waals surface area (Å²) in [6.07, 6.45) is 7.90. The van der Waals surface area contributed by atoms with E-state index in [4.69, 9.17) is 0 Å². The first-order valence-electron chi connectivity index (χ1n) is 7.99. The van der Waals surface area contributed by atoms with Crippen molar-refractivity contribution in [2.75, 3.05) is 13.6 Å². The van der Waals surface area contributed by atoms with Gasteiger partial charge in [0.05, 0.1) is 0 Å². The van der Waals surface area contributed by atoms with E-state index in [0.717, 1.165) is 29.8 Å². The van der Waals surface area contributed by atoms with Gasteiger partial charge in [-0.1, -0.05) is 12.8 Å². The third-order valence-corrected chi connectivity index (χ3v) is 4.34. The topological polar surface area (TPSA) is 52.2 Å². The molecule has 1 aliphatic carbocycles. The Bertz CT molecular complexity index is 662. The highest BCUT2D eigenvalue weighted by Crippen LogP contribution is 2.19. The lowest BCUT2D eigenvalue weighted by Gasteiger charge is -2.16. The molecule has 4 nitrogen and oxygen atoms in total. The zero-order chi connectivity index (χ0) is 15.4. The van der Waals surface area contributed by atoms with Crippen LogP contribution in [0.4, 0.5) is 4.39 Å². The second-order valence-electron chi connectivity index (χ2n) is 5.88. The molecule has 0 aliphatic heterocycles. The molecule has 23 heavy (non-hydrogen) atoms. The van der Waals surface area contributed by atoms with Crippen LogP contribution in [0.25, 0.3) is 10.9 Å². The molecule has 0 radical (unpaired) electrons. The van der Waals surface area contributed by atoms with Gasteiger partial charge in [0.2, 0.25) is 0 Å². The summed E-state index contributed by atoms with van der Waals surface area (Å²) in [7, 11) is 1.80. The van der Waals surface area contributed by atoms with Crippen LogP contribution >= 0.6 is 24.0 Å². The van der Waals surface area contributed by atoms with Crippen LogP contribution in [-0.4, -0.2) is 30.6 Å². The molecule has 0 bridgehead atoms. The number of aliphatic imine (C=N–C) groups is 1. The van der Waals surface area contributed by atoms with Crippen LogP contribution in [0.1, 0.15) is 31.2 Å². The van der Waals surface area contributed by atoms with E-state index in [1.54, 1.807) is 7.05 Å². The first kappa shape index (κ1) is 18.0. The van der Waals surface area contributed by atoms with E-state index in [0.29, 0.717) is 6.04 Å². The normalized spacial score (nSPS) is 15.7. The van der Waals surface area contributed by atoms with E-state index >= 15 is 0 Å². The predicted octanol–water partition coefficient (Wildman–Crippen LogP) is 3.58. The average molecular weight is 430 g/mol. The van der Waals surface area contributed by atoms with Crippen molar-refractivity contribution in [1.29, 1.82) is 0 Å². The van der Waals surface area contributed by atoms with Crippen LogP contribution < -0.4 is 10.6 Å². The summed E-state index contributed by atoms with van der Waals surface area (Å²) in [4.78, 5) is 7.41. The number of hydrogen-bond donors (Lipinski definition) is 3. The molecular weight excluding hydrogens is 406 g/mol. The van der Waals surface area contributed by atoms with Gasteiger partial charge in [0, 0.05) is 36.7 Å². The lowest BCUT2D eigenvalue weighted by atomic mass is 10.1. The third kappa shape index (κ3) is 4.59. The molecule has 3 N–H and O–H groups in total. The van der Waals surface area contributed by atoms with Crippen LogP contribution in [0.5, 0.6) is 0 Å². The lowest BCUT2D eigenvalue weighted by molar-refractivity contribution is 0.613. The molecule has 1 aliphatic rings. The van der Waals surface area contributed by atoms with Crippen molar-refractivity contribution < 1.29 is 4.39 Å². The molecule has 1 aromatic heterocycles. The summed E-state index contributed by atoms with van der Waals surface area (Å²) in [5.41, 5.74) is 2.04. The fourth-order valence-electron chi connectivity index (χ4n) is 3.14. The molecule has 1 saturated carbocycles. The minimum atomic E-state index is -0.208. The van der Waals surface area contributed by atoms with E-state index in [2.05, 4.69) is 20.6 Å². The molecule has 1 fully saturated rings. The fraction of sp³-hybridized carbons (Fsp3) is 0.471. The highest BCUT2D eigenvalue weighted by molar-refractivity contribution is 14.0. The third-order valence-electron chi connectivity index (χ3n) is 4.34. The smallest absolute Gasteiger partial charge is 0.191 e. The highest BCUT2D eigenvalue weighted by Gasteiger charge is 2.15. The van der Waals surface area contributed by atoms with Crippen LogP contribution in [0.3, 0.4) is 0 Å². The number of halogens is 2. The number of fused-ring (bicyclic) bond motifs is 1. The lowest BCUT2D eigenvalue weighted by Crippen LogP contribution is -2.42. The minimum absolute atomic E-state index is 0. The molecule has 0 atom stereocenters. The Kier molecular flexibility index (Phi) is 6.68. The largest absolute Gasteiger partial charge is 0.361 e. The Balaban J connectivity index is 0.00000192. The summed E-state index contributed by atoms with van der Waals surface area (Å²) in [6, 6.07) is 5.44. The Morgan fingerprint density at radius 2 is 2.13 bits per heavy atom. The maximum atomic E-state index is 13.2. The number of guanidine groups is 1. The standard InChI is InChI=1S/C17H23FN4.HI/c1-19-17(22-14-4-2-3-5-14)20-9-8-12-11-21-16-10-13(18)6-7-15(12)16;/h6-7,10-11,14,21H,2-5,8-9H2,1H3,(H2,19,20,22);1H. The summed E-state index contributed by atoms with van der Waals surface area (Å²) < 4.78 is 13.2. The second kappa shape index (κ2) is 8.52. The monoisotopic (exact) mass is 430 g/mol. The molecule has 0 unspecified atom stereocenters. The molecular formula is C17H24FIN4. The van der Waals surface area contributed by atoms with Gasteiger partial charge in [0.15, 0.2) is 5.96 Å². The van der Waals surface area contributed by atoms with Crippen LogP contribution in [0.15, 0.2) is 29.4 Å². The van der Waals surface area contributed by atoms with Gasteiger partial charge in [-0.3, -0.25) is 4.99 Å². The molecule has 126 valence electrons. The van der Waals surface area contributed by atoms with Crippen LogP contribution in [0.2, 0.25) is 0 Å². The van der Waals surface area contributed by atoms with E-state index in [-0.39, 0.29) is 29.8 Å². The van der Waals surface area contributed by atoms with E-state index < -0.39 is 0 Å². The van der Waals surface area contributed by atoms with Gasteiger partial charge in [0.25, 0.3) is 0 Å². The number of nitrogens with zero attached hydrogens (tertiary/aromatic N) is 1. The van der Waals surface area contributed by atoms with Crippen molar-refractivity contribution in [2.24, 2.45) is 4.99 Å². The van der Waals surface area contributed by atoms with Gasteiger partial charge in [-0.15, -0.1) is 24.0 Å². The van der Waals surface area contributed by atoms with Gasteiger partial charge >= 0.3 is 0 Å². The quantitative estimate of drug-likeness (QED) is 0.395. The van der Waals surface area contributed by atoms with Gasteiger partial charge in [-0.25, -0.2) is 4.39 Å². The van der Waals surface area contributed by atoms with Gasteiger partial charge in [-0.05, 0) is 43.0 Å². The second-order valence-corrected chi connectivity index (χ2v) is 5.88. The molecule has 1 aromatic carbocycles. The summed E-state index contributed by atoms with van der Waals surface area (Å²) in [5, 5.41) is 7.92. The molecule has 0 amide bonds. The highest BCUT2D eigenvalue weighted by atomic mass is 127. The summed E-state index contributed by atoms with van der Waals surface area (Å²) >= 11 is 0. The van der Waals surface area contributed by atoms with Crippen molar-refractivity contribution in [1.82, 2.24) is 15.6 Å². The minimum Gasteiger partial charge on any atom is -0.361 e. The zero-order valence-electron chi connectivity index (χ0n) is 13.4. The van der Waals surface area contributed by atoms with Gasteiger partial charge < -0.3 is 15.6 Å². The Morgan fingerprint density at radius 3 is 2.87 bits per heavy atom.